The van der Waals surface area contributed by atoms with E-state index in [9.17, 15) is 9.59 Å². The number of hydrogen-bond acceptors (Lipinski definition) is 4. The van der Waals surface area contributed by atoms with Gasteiger partial charge in [0.1, 0.15) is 5.75 Å². The van der Waals surface area contributed by atoms with E-state index in [4.69, 9.17) is 21.1 Å². The molecule has 0 aliphatic rings. The lowest BCUT2D eigenvalue weighted by Crippen LogP contribution is -2.08. The second-order valence-electron chi connectivity index (χ2n) is 4.30. The lowest BCUT2D eigenvalue weighted by Gasteiger charge is -2.04. The monoisotopic (exact) mass is 298 g/mol. The van der Waals surface area contributed by atoms with Crippen LogP contribution < -0.4 is 4.74 Å². The van der Waals surface area contributed by atoms with Crippen molar-refractivity contribution in [2.24, 2.45) is 0 Å². The van der Waals surface area contributed by atoms with Crippen LogP contribution in [-0.4, -0.2) is 18.5 Å². The molecule has 0 spiro atoms. The summed E-state index contributed by atoms with van der Waals surface area (Å²) < 4.78 is 9.96. The Morgan fingerprint density at radius 2 is 1.80 bits per heavy atom. The molecule has 5 heteroatoms. The third-order valence-corrected chi connectivity index (χ3v) is 2.83. The van der Waals surface area contributed by atoms with Gasteiger partial charge in [-0.1, -0.05) is 24.1 Å². The molecule has 0 radical (unpaired) electrons. The van der Waals surface area contributed by atoms with Crippen LogP contribution in [0.3, 0.4) is 0 Å². The molecular formula is C15H19ClO4. The van der Waals surface area contributed by atoms with E-state index in [2.05, 4.69) is 0 Å². The Bertz CT molecular complexity index is 445. The number of carbonyl (C=O) groups excluding carboxylic acids is 2. The van der Waals surface area contributed by atoms with Crippen molar-refractivity contribution in [2.75, 3.05) is 6.61 Å². The number of esters is 2. The first-order valence-electron chi connectivity index (χ1n) is 6.73. The van der Waals surface area contributed by atoms with E-state index in [1.807, 2.05) is 0 Å². The van der Waals surface area contributed by atoms with Gasteiger partial charge in [-0.25, -0.2) is 0 Å². The zero-order valence-corrected chi connectivity index (χ0v) is 12.3. The Hall–Kier alpha value is -1.55. The molecule has 0 heterocycles. The Kier molecular flexibility index (Phi) is 7.73. The smallest absolute Gasteiger partial charge is 0.311 e. The van der Waals surface area contributed by atoms with Crippen LogP contribution in [0, 0.1) is 0 Å². The number of rotatable bonds is 8. The summed E-state index contributed by atoms with van der Waals surface area (Å²) in [7, 11) is 0. The molecule has 0 bridgehead atoms. The fourth-order valence-corrected chi connectivity index (χ4v) is 1.84. The number of halogens is 1. The molecule has 1 aromatic rings. The molecule has 0 fully saturated rings. The highest BCUT2D eigenvalue weighted by Crippen LogP contribution is 2.18. The Morgan fingerprint density at radius 3 is 2.45 bits per heavy atom. The highest BCUT2D eigenvalue weighted by atomic mass is 35.5. The lowest BCUT2D eigenvalue weighted by molar-refractivity contribution is -0.143. The summed E-state index contributed by atoms with van der Waals surface area (Å²) in [6.07, 6.45) is 2.94. The van der Waals surface area contributed by atoms with Crippen molar-refractivity contribution in [1.29, 1.82) is 0 Å². The molecule has 0 amide bonds. The van der Waals surface area contributed by atoms with Gasteiger partial charge in [-0.2, -0.15) is 0 Å². The topological polar surface area (TPSA) is 52.6 Å². The van der Waals surface area contributed by atoms with Crippen LogP contribution in [0.25, 0.3) is 0 Å². The van der Waals surface area contributed by atoms with E-state index in [1.54, 1.807) is 31.2 Å². The molecule has 1 aromatic carbocycles. The maximum absolute atomic E-state index is 11.6. The predicted octanol–water partition coefficient (Wildman–Crippen LogP) is 3.76. The molecule has 20 heavy (non-hydrogen) atoms. The van der Waals surface area contributed by atoms with Gasteiger partial charge in [0.25, 0.3) is 0 Å². The Morgan fingerprint density at radius 1 is 1.10 bits per heavy atom. The van der Waals surface area contributed by atoms with Gasteiger partial charge in [-0.15, -0.1) is 0 Å². The van der Waals surface area contributed by atoms with Crippen molar-refractivity contribution in [1.82, 2.24) is 0 Å². The molecular weight excluding hydrogens is 280 g/mol. The summed E-state index contributed by atoms with van der Waals surface area (Å²) in [6.45, 7) is 2.19. The van der Waals surface area contributed by atoms with Crippen LogP contribution >= 0.6 is 11.6 Å². The van der Waals surface area contributed by atoms with Crippen LogP contribution in [0.1, 0.15) is 39.0 Å². The molecule has 0 unspecified atom stereocenters. The highest BCUT2D eigenvalue weighted by molar-refractivity contribution is 6.30. The number of hydrogen-bond donors (Lipinski definition) is 0. The second-order valence-corrected chi connectivity index (χ2v) is 4.73. The SMILES string of the molecule is CCOC(=O)CCCCCC(=O)Oc1cccc(Cl)c1. The minimum absolute atomic E-state index is 0.186. The molecule has 0 N–H and O–H groups in total. The quantitative estimate of drug-likeness (QED) is 0.416. The van der Waals surface area contributed by atoms with Crippen molar-refractivity contribution in [2.45, 2.75) is 39.0 Å². The molecule has 0 aliphatic heterocycles. The zero-order valence-electron chi connectivity index (χ0n) is 11.6. The molecule has 0 aromatic heterocycles. The molecule has 4 nitrogen and oxygen atoms in total. The first kappa shape index (κ1) is 16.5. The van der Waals surface area contributed by atoms with E-state index < -0.39 is 0 Å². The average Bonchev–Trinajstić information content (AvgIpc) is 2.38. The number of ether oxygens (including phenoxy) is 2. The summed E-state index contributed by atoms with van der Waals surface area (Å²) in [5.41, 5.74) is 0. The van der Waals surface area contributed by atoms with Crippen LogP contribution in [0.4, 0.5) is 0 Å². The van der Waals surface area contributed by atoms with Gasteiger partial charge in [-0.05, 0) is 38.0 Å². The van der Waals surface area contributed by atoms with Crippen LogP contribution in [-0.2, 0) is 14.3 Å². The molecule has 1 rings (SSSR count). The zero-order chi connectivity index (χ0) is 14.8. The summed E-state index contributed by atoms with van der Waals surface area (Å²) in [5, 5.41) is 0.532. The maximum atomic E-state index is 11.6. The summed E-state index contributed by atoms with van der Waals surface area (Å²) in [4.78, 5) is 22.7. The molecule has 0 aliphatic carbocycles. The predicted molar refractivity (Wildman–Crippen MR) is 76.8 cm³/mol. The van der Waals surface area contributed by atoms with Crippen molar-refractivity contribution >= 4 is 23.5 Å². The largest absolute Gasteiger partial charge is 0.466 e. The van der Waals surface area contributed by atoms with Crippen molar-refractivity contribution < 1.29 is 19.1 Å². The molecule has 0 saturated heterocycles. The average molecular weight is 299 g/mol. The van der Waals surface area contributed by atoms with E-state index >= 15 is 0 Å². The van der Waals surface area contributed by atoms with E-state index in [0.717, 1.165) is 12.8 Å². The third-order valence-electron chi connectivity index (χ3n) is 2.59. The van der Waals surface area contributed by atoms with Gasteiger partial charge in [-0.3, -0.25) is 9.59 Å². The van der Waals surface area contributed by atoms with Gasteiger partial charge < -0.3 is 9.47 Å². The fraction of sp³-hybridized carbons (Fsp3) is 0.467. The standard InChI is InChI=1S/C15H19ClO4/c1-2-19-14(17)9-4-3-5-10-15(18)20-13-8-6-7-12(16)11-13/h6-8,11H,2-5,9-10H2,1H3. The Balaban J connectivity index is 2.13. The van der Waals surface area contributed by atoms with Gasteiger partial charge in [0.15, 0.2) is 0 Å². The van der Waals surface area contributed by atoms with Crippen LogP contribution in [0.5, 0.6) is 5.75 Å². The highest BCUT2D eigenvalue weighted by Gasteiger charge is 2.06. The van der Waals surface area contributed by atoms with Crippen LogP contribution in [0.15, 0.2) is 24.3 Å². The molecule has 0 saturated carbocycles. The summed E-state index contributed by atoms with van der Waals surface area (Å²) in [5.74, 6) is -0.0218. The second kappa shape index (κ2) is 9.37. The number of carbonyl (C=O) groups is 2. The van der Waals surface area contributed by atoms with E-state index in [1.165, 1.54) is 0 Å². The number of unbranched alkanes of at least 4 members (excludes halogenated alkanes) is 2. The fourth-order valence-electron chi connectivity index (χ4n) is 1.66. The first-order valence-corrected chi connectivity index (χ1v) is 7.11. The van der Waals surface area contributed by atoms with Crippen molar-refractivity contribution in [3.8, 4) is 5.75 Å². The maximum Gasteiger partial charge on any atom is 0.311 e. The summed E-state index contributed by atoms with van der Waals surface area (Å²) >= 11 is 5.79. The Labute approximate surface area is 124 Å². The lowest BCUT2D eigenvalue weighted by atomic mass is 10.1. The van der Waals surface area contributed by atoms with Crippen molar-refractivity contribution in [3.63, 3.8) is 0 Å². The van der Waals surface area contributed by atoms with Gasteiger partial charge in [0.05, 0.1) is 6.61 Å². The minimum Gasteiger partial charge on any atom is -0.466 e. The van der Waals surface area contributed by atoms with Crippen molar-refractivity contribution in [3.05, 3.63) is 29.3 Å². The summed E-state index contributed by atoms with van der Waals surface area (Å²) in [6, 6.07) is 6.73. The normalized spacial score (nSPS) is 10.1. The molecule has 110 valence electrons. The minimum atomic E-state index is -0.289. The third kappa shape index (κ3) is 7.14. The van der Waals surface area contributed by atoms with Gasteiger partial charge in [0.2, 0.25) is 0 Å². The van der Waals surface area contributed by atoms with Gasteiger partial charge >= 0.3 is 11.9 Å². The number of benzene rings is 1. The van der Waals surface area contributed by atoms with E-state index in [0.29, 0.717) is 36.6 Å². The van der Waals surface area contributed by atoms with Crippen LogP contribution in [0.2, 0.25) is 5.02 Å². The van der Waals surface area contributed by atoms with E-state index in [-0.39, 0.29) is 11.9 Å². The van der Waals surface area contributed by atoms with Gasteiger partial charge in [0, 0.05) is 17.9 Å². The molecule has 0 atom stereocenters. The first-order chi connectivity index (χ1) is 9.61.